The summed E-state index contributed by atoms with van der Waals surface area (Å²) in [5, 5.41) is 5.11. The van der Waals surface area contributed by atoms with E-state index in [0.29, 0.717) is 21.3 Å². The van der Waals surface area contributed by atoms with Crippen LogP contribution < -0.4 is 10.6 Å². The molecule has 0 saturated heterocycles. The van der Waals surface area contributed by atoms with Crippen molar-refractivity contribution >= 4 is 34.8 Å². The SMILES string of the molecule is C[C@H]([NH2+]CC(=O)Nc1ccc(Cl)cc1Cl)c1ccc(F)cc1F. The van der Waals surface area contributed by atoms with Crippen LogP contribution in [0.1, 0.15) is 18.5 Å². The maximum atomic E-state index is 13.7. The van der Waals surface area contributed by atoms with Gasteiger partial charge in [-0.05, 0) is 37.3 Å². The van der Waals surface area contributed by atoms with Crippen LogP contribution in [-0.4, -0.2) is 12.5 Å². The van der Waals surface area contributed by atoms with E-state index >= 15 is 0 Å². The molecule has 0 unspecified atom stereocenters. The first-order valence-electron chi connectivity index (χ1n) is 6.90. The molecule has 0 aliphatic carbocycles. The molecule has 0 saturated carbocycles. The van der Waals surface area contributed by atoms with Crippen LogP contribution in [0.2, 0.25) is 10.0 Å². The van der Waals surface area contributed by atoms with Gasteiger partial charge in [-0.3, -0.25) is 4.79 Å². The van der Waals surface area contributed by atoms with E-state index in [1.165, 1.54) is 18.2 Å². The molecule has 3 N–H and O–H groups in total. The predicted octanol–water partition coefficient (Wildman–Crippen LogP) is 3.53. The van der Waals surface area contributed by atoms with Gasteiger partial charge in [-0.2, -0.15) is 0 Å². The van der Waals surface area contributed by atoms with Gasteiger partial charge >= 0.3 is 0 Å². The van der Waals surface area contributed by atoms with Crippen LogP contribution in [0.4, 0.5) is 14.5 Å². The Bertz CT molecular complexity index is 725. The Kier molecular flexibility index (Phi) is 5.93. The van der Waals surface area contributed by atoms with E-state index in [1.807, 2.05) is 0 Å². The van der Waals surface area contributed by atoms with Gasteiger partial charge in [0.15, 0.2) is 6.54 Å². The zero-order chi connectivity index (χ0) is 17.0. The van der Waals surface area contributed by atoms with Gasteiger partial charge in [0, 0.05) is 16.7 Å². The summed E-state index contributed by atoms with van der Waals surface area (Å²) in [6.45, 7) is 1.80. The third-order valence-electron chi connectivity index (χ3n) is 3.32. The summed E-state index contributed by atoms with van der Waals surface area (Å²) in [4.78, 5) is 11.9. The smallest absolute Gasteiger partial charge is 0.279 e. The second kappa shape index (κ2) is 7.73. The number of amides is 1. The van der Waals surface area contributed by atoms with Crippen molar-refractivity contribution in [2.24, 2.45) is 0 Å². The lowest BCUT2D eigenvalue weighted by Crippen LogP contribution is -2.86. The molecule has 0 aromatic heterocycles. The number of halogens is 4. The highest BCUT2D eigenvalue weighted by atomic mass is 35.5. The van der Waals surface area contributed by atoms with Crippen LogP contribution in [0.5, 0.6) is 0 Å². The molecule has 2 aromatic rings. The highest BCUT2D eigenvalue weighted by Crippen LogP contribution is 2.25. The number of carbonyl (C=O) groups is 1. The standard InChI is InChI=1S/C16H14Cl2F2N2O/c1-9(12-4-3-11(19)7-14(12)20)21-8-16(23)22-15-5-2-10(17)6-13(15)18/h2-7,9,21H,8H2,1H3,(H,22,23)/p+1/t9-/m0/s1. The Morgan fingerprint density at radius 2 is 1.96 bits per heavy atom. The maximum Gasteiger partial charge on any atom is 0.279 e. The third-order valence-corrected chi connectivity index (χ3v) is 3.86. The van der Waals surface area contributed by atoms with Gasteiger partial charge < -0.3 is 10.6 Å². The number of hydrogen-bond acceptors (Lipinski definition) is 1. The Balaban J connectivity index is 1.93. The molecule has 0 aliphatic rings. The highest BCUT2D eigenvalue weighted by molar-refractivity contribution is 6.36. The number of quaternary nitrogens is 1. The summed E-state index contributed by atoms with van der Waals surface area (Å²) < 4.78 is 26.6. The second-order valence-corrected chi connectivity index (χ2v) is 5.91. The molecule has 0 heterocycles. The number of nitrogens with two attached hydrogens (primary N) is 1. The van der Waals surface area contributed by atoms with Crippen LogP contribution in [0.15, 0.2) is 36.4 Å². The van der Waals surface area contributed by atoms with Crippen molar-refractivity contribution in [2.45, 2.75) is 13.0 Å². The molecule has 1 amide bonds. The second-order valence-electron chi connectivity index (χ2n) is 5.07. The molecule has 1 atom stereocenters. The fourth-order valence-electron chi connectivity index (χ4n) is 2.07. The first-order valence-corrected chi connectivity index (χ1v) is 7.65. The van der Waals surface area contributed by atoms with Gasteiger partial charge in [0.1, 0.15) is 17.7 Å². The van der Waals surface area contributed by atoms with E-state index in [-0.39, 0.29) is 18.5 Å². The van der Waals surface area contributed by atoms with Crippen molar-refractivity contribution in [2.75, 3.05) is 11.9 Å². The number of benzene rings is 2. The van der Waals surface area contributed by atoms with Gasteiger partial charge in [-0.25, -0.2) is 8.78 Å². The van der Waals surface area contributed by atoms with E-state index in [0.717, 1.165) is 6.07 Å². The Labute approximate surface area is 142 Å². The molecule has 0 spiro atoms. The monoisotopic (exact) mass is 359 g/mol. The number of hydrogen-bond donors (Lipinski definition) is 2. The Morgan fingerprint density at radius 1 is 1.22 bits per heavy atom. The normalized spacial score (nSPS) is 12.0. The molecule has 2 aromatic carbocycles. The van der Waals surface area contributed by atoms with E-state index in [9.17, 15) is 13.6 Å². The predicted molar refractivity (Wildman–Crippen MR) is 86.7 cm³/mol. The first-order chi connectivity index (χ1) is 10.9. The summed E-state index contributed by atoms with van der Waals surface area (Å²) in [6.07, 6.45) is 0. The summed E-state index contributed by atoms with van der Waals surface area (Å²) in [5.41, 5.74) is 0.791. The molecule has 122 valence electrons. The zero-order valence-corrected chi connectivity index (χ0v) is 13.8. The quantitative estimate of drug-likeness (QED) is 0.842. The van der Waals surface area contributed by atoms with Crippen molar-refractivity contribution in [3.05, 3.63) is 63.6 Å². The van der Waals surface area contributed by atoms with Crippen molar-refractivity contribution in [3.8, 4) is 0 Å². The average molecular weight is 360 g/mol. The minimum atomic E-state index is -0.631. The number of nitrogens with one attached hydrogen (secondary N) is 1. The summed E-state index contributed by atoms with van der Waals surface area (Å²) in [7, 11) is 0. The van der Waals surface area contributed by atoms with Gasteiger partial charge in [0.05, 0.1) is 10.7 Å². The topological polar surface area (TPSA) is 45.7 Å². The van der Waals surface area contributed by atoms with Crippen LogP contribution in [0.25, 0.3) is 0 Å². The highest BCUT2D eigenvalue weighted by Gasteiger charge is 2.16. The van der Waals surface area contributed by atoms with E-state index in [2.05, 4.69) is 5.32 Å². The van der Waals surface area contributed by atoms with Crippen molar-refractivity contribution in [3.63, 3.8) is 0 Å². The lowest BCUT2D eigenvalue weighted by molar-refractivity contribution is -0.682. The average Bonchev–Trinajstić information content (AvgIpc) is 2.48. The van der Waals surface area contributed by atoms with Gasteiger partial charge in [-0.1, -0.05) is 23.2 Å². The van der Waals surface area contributed by atoms with Gasteiger partial charge in [0.2, 0.25) is 0 Å². The number of carbonyl (C=O) groups excluding carboxylic acids is 1. The lowest BCUT2D eigenvalue weighted by Gasteiger charge is -2.12. The minimum Gasteiger partial charge on any atom is -0.332 e. The number of rotatable bonds is 5. The van der Waals surface area contributed by atoms with E-state index in [1.54, 1.807) is 24.4 Å². The van der Waals surface area contributed by atoms with E-state index in [4.69, 9.17) is 23.2 Å². The van der Waals surface area contributed by atoms with Crippen molar-refractivity contribution < 1.29 is 18.9 Å². The minimum absolute atomic E-state index is 0.0664. The van der Waals surface area contributed by atoms with Gasteiger partial charge in [0.25, 0.3) is 5.91 Å². The van der Waals surface area contributed by atoms with Crippen LogP contribution >= 0.6 is 23.2 Å². The van der Waals surface area contributed by atoms with Crippen LogP contribution in [-0.2, 0) is 4.79 Å². The molecule has 0 aliphatic heterocycles. The molecule has 0 bridgehead atoms. The van der Waals surface area contributed by atoms with Crippen LogP contribution in [0.3, 0.4) is 0 Å². The number of anilines is 1. The molecule has 0 radical (unpaired) electrons. The third kappa shape index (κ3) is 4.89. The largest absolute Gasteiger partial charge is 0.332 e. The lowest BCUT2D eigenvalue weighted by atomic mass is 10.1. The summed E-state index contributed by atoms with van der Waals surface area (Å²) in [6, 6.07) is 7.80. The molecule has 2 rings (SSSR count). The first kappa shape index (κ1) is 17.7. The summed E-state index contributed by atoms with van der Waals surface area (Å²) >= 11 is 11.8. The molecule has 3 nitrogen and oxygen atoms in total. The molecular formula is C16H15Cl2F2N2O+. The zero-order valence-electron chi connectivity index (χ0n) is 12.2. The molecule has 7 heteroatoms. The molecular weight excluding hydrogens is 345 g/mol. The van der Waals surface area contributed by atoms with Gasteiger partial charge in [-0.15, -0.1) is 0 Å². The summed E-state index contributed by atoms with van der Waals surface area (Å²) in [5.74, 6) is -1.55. The van der Waals surface area contributed by atoms with Crippen molar-refractivity contribution in [1.82, 2.24) is 0 Å². The molecule has 23 heavy (non-hydrogen) atoms. The maximum absolute atomic E-state index is 13.7. The van der Waals surface area contributed by atoms with E-state index < -0.39 is 11.6 Å². The molecule has 0 fully saturated rings. The Hall–Kier alpha value is -1.69. The van der Waals surface area contributed by atoms with Crippen LogP contribution in [0, 0.1) is 11.6 Å². The van der Waals surface area contributed by atoms with Crippen molar-refractivity contribution in [1.29, 1.82) is 0 Å². The fraction of sp³-hybridized carbons (Fsp3) is 0.188. The fourth-order valence-corrected chi connectivity index (χ4v) is 2.53. The Morgan fingerprint density at radius 3 is 2.61 bits per heavy atom.